The van der Waals surface area contributed by atoms with Gasteiger partial charge in [0.05, 0.1) is 7.11 Å². The first-order chi connectivity index (χ1) is 9.62. The second-order valence-corrected chi connectivity index (χ2v) is 5.34. The number of rotatable bonds is 5. The van der Waals surface area contributed by atoms with Gasteiger partial charge in [0.25, 0.3) is 0 Å². The Kier molecular flexibility index (Phi) is 4.95. The Morgan fingerprint density at radius 2 is 1.90 bits per heavy atom. The van der Waals surface area contributed by atoms with Crippen molar-refractivity contribution in [2.75, 3.05) is 19.1 Å². The molecule has 0 atom stereocenters. The highest BCUT2D eigenvalue weighted by Crippen LogP contribution is 2.19. The van der Waals surface area contributed by atoms with Gasteiger partial charge in [0.2, 0.25) is 0 Å². The van der Waals surface area contributed by atoms with Crippen LogP contribution in [0.25, 0.3) is 0 Å². The van der Waals surface area contributed by atoms with Crippen LogP contribution in [0.2, 0.25) is 0 Å². The molecule has 0 aliphatic heterocycles. The highest BCUT2D eigenvalue weighted by molar-refractivity contribution is 9.10. The number of hydrogen-bond acceptors (Lipinski definition) is 4. The molecule has 0 unspecified atom stereocenters. The largest absolute Gasteiger partial charge is 0.497 e. The quantitative estimate of drug-likeness (QED) is 0.784. The predicted octanol–water partition coefficient (Wildman–Crippen LogP) is 3.45. The van der Waals surface area contributed by atoms with E-state index in [4.69, 9.17) is 4.74 Å². The van der Waals surface area contributed by atoms with Crippen molar-refractivity contribution in [3.05, 3.63) is 46.3 Å². The van der Waals surface area contributed by atoms with Gasteiger partial charge in [0.15, 0.2) is 0 Å². The maximum Gasteiger partial charge on any atom is 0.133 e. The van der Waals surface area contributed by atoms with Crippen molar-refractivity contribution in [2.45, 2.75) is 19.9 Å². The standard InChI is InChI=1S/C15H18BrN3O/c1-4-14-17-13(16)9-15(18-14)19(2)10-11-5-7-12(20-3)8-6-11/h5-9H,4,10H2,1-3H3. The number of benzene rings is 1. The Balaban J connectivity index is 2.14. The number of ether oxygens (including phenoxy) is 1. The average molecular weight is 336 g/mol. The van der Waals surface area contributed by atoms with Crippen molar-refractivity contribution >= 4 is 21.7 Å². The van der Waals surface area contributed by atoms with Crippen LogP contribution in [0.4, 0.5) is 5.82 Å². The fourth-order valence-electron chi connectivity index (χ4n) is 1.89. The van der Waals surface area contributed by atoms with Crippen LogP contribution in [0.3, 0.4) is 0 Å². The van der Waals surface area contributed by atoms with Crippen LogP contribution in [0.1, 0.15) is 18.3 Å². The van der Waals surface area contributed by atoms with E-state index in [2.05, 4.69) is 49.9 Å². The van der Waals surface area contributed by atoms with Crippen molar-refractivity contribution < 1.29 is 4.74 Å². The Bertz CT molecular complexity index is 572. The molecule has 0 radical (unpaired) electrons. The second kappa shape index (κ2) is 6.70. The van der Waals surface area contributed by atoms with E-state index < -0.39 is 0 Å². The van der Waals surface area contributed by atoms with E-state index in [-0.39, 0.29) is 0 Å². The molecule has 4 nitrogen and oxygen atoms in total. The predicted molar refractivity (Wildman–Crippen MR) is 84.2 cm³/mol. The van der Waals surface area contributed by atoms with Crippen molar-refractivity contribution in [3.8, 4) is 5.75 Å². The highest BCUT2D eigenvalue weighted by atomic mass is 79.9. The van der Waals surface area contributed by atoms with Crippen LogP contribution in [0, 0.1) is 0 Å². The van der Waals surface area contributed by atoms with Gasteiger partial charge < -0.3 is 9.64 Å². The van der Waals surface area contributed by atoms with Gasteiger partial charge in [0.1, 0.15) is 22.0 Å². The van der Waals surface area contributed by atoms with Crippen LogP contribution in [0.15, 0.2) is 34.9 Å². The molecule has 20 heavy (non-hydrogen) atoms. The molecule has 0 amide bonds. The topological polar surface area (TPSA) is 38.2 Å². The van der Waals surface area contributed by atoms with Gasteiger partial charge in [-0.05, 0) is 33.6 Å². The summed E-state index contributed by atoms with van der Waals surface area (Å²) in [6.45, 7) is 2.84. The maximum atomic E-state index is 5.16. The maximum absolute atomic E-state index is 5.16. The lowest BCUT2D eigenvalue weighted by molar-refractivity contribution is 0.414. The molecule has 0 spiro atoms. The minimum Gasteiger partial charge on any atom is -0.497 e. The number of aromatic nitrogens is 2. The van der Waals surface area contributed by atoms with Crippen LogP contribution in [-0.2, 0) is 13.0 Å². The lowest BCUT2D eigenvalue weighted by Gasteiger charge is -2.19. The van der Waals surface area contributed by atoms with Crippen LogP contribution < -0.4 is 9.64 Å². The summed E-state index contributed by atoms with van der Waals surface area (Å²) >= 11 is 3.43. The number of hydrogen-bond donors (Lipinski definition) is 0. The van der Waals surface area contributed by atoms with E-state index in [0.29, 0.717) is 0 Å². The number of aryl methyl sites for hydroxylation is 1. The fraction of sp³-hybridized carbons (Fsp3) is 0.333. The van der Waals surface area contributed by atoms with E-state index in [1.54, 1.807) is 7.11 Å². The first-order valence-electron chi connectivity index (χ1n) is 6.50. The van der Waals surface area contributed by atoms with Crippen LogP contribution in [0.5, 0.6) is 5.75 Å². The molecule has 0 saturated carbocycles. The van der Waals surface area contributed by atoms with Crippen molar-refractivity contribution in [1.82, 2.24) is 9.97 Å². The fourth-order valence-corrected chi connectivity index (χ4v) is 2.30. The molecule has 0 bridgehead atoms. The SMILES string of the molecule is CCc1nc(Br)cc(N(C)Cc2ccc(OC)cc2)n1. The third-order valence-electron chi connectivity index (χ3n) is 3.01. The van der Waals surface area contributed by atoms with Gasteiger partial charge in [-0.3, -0.25) is 0 Å². The number of nitrogens with zero attached hydrogens (tertiary/aromatic N) is 3. The molecule has 1 aromatic carbocycles. The summed E-state index contributed by atoms with van der Waals surface area (Å²) in [5, 5.41) is 0. The van der Waals surface area contributed by atoms with Gasteiger partial charge >= 0.3 is 0 Å². The number of anilines is 1. The zero-order chi connectivity index (χ0) is 14.5. The minimum absolute atomic E-state index is 0.788. The van der Waals surface area contributed by atoms with Crippen molar-refractivity contribution in [3.63, 3.8) is 0 Å². The molecule has 0 fully saturated rings. The Morgan fingerprint density at radius 3 is 2.50 bits per heavy atom. The van der Waals surface area contributed by atoms with E-state index in [0.717, 1.165) is 35.0 Å². The lowest BCUT2D eigenvalue weighted by Crippen LogP contribution is -2.18. The van der Waals surface area contributed by atoms with Crippen LogP contribution in [-0.4, -0.2) is 24.1 Å². The van der Waals surface area contributed by atoms with E-state index in [9.17, 15) is 0 Å². The molecular weight excluding hydrogens is 318 g/mol. The molecule has 1 heterocycles. The molecule has 0 saturated heterocycles. The molecule has 2 rings (SSSR count). The smallest absolute Gasteiger partial charge is 0.133 e. The Hall–Kier alpha value is -1.62. The molecule has 2 aromatic rings. The van der Waals surface area contributed by atoms with Gasteiger partial charge in [-0.2, -0.15) is 0 Å². The molecule has 5 heteroatoms. The normalized spacial score (nSPS) is 10.4. The summed E-state index contributed by atoms with van der Waals surface area (Å²) in [6, 6.07) is 9.99. The van der Waals surface area contributed by atoms with Gasteiger partial charge in [-0.1, -0.05) is 19.1 Å². The third kappa shape index (κ3) is 3.70. The summed E-state index contributed by atoms with van der Waals surface area (Å²) in [6.07, 6.45) is 0.822. The third-order valence-corrected chi connectivity index (χ3v) is 3.42. The first-order valence-corrected chi connectivity index (χ1v) is 7.29. The summed E-state index contributed by atoms with van der Waals surface area (Å²) in [4.78, 5) is 11.0. The molecule has 0 aliphatic carbocycles. The second-order valence-electron chi connectivity index (χ2n) is 4.52. The molecule has 0 N–H and O–H groups in total. The monoisotopic (exact) mass is 335 g/mol. The van der Waals surface area contributed by atoms with Gasteiger partial charge in [-0.15, -0.1) is 0 Å². The Labute approximate surface area is 127 Å². The van der Waals surface area contributed by atoms with Crippen LogP contribution >= 0.6 is 15.9 Å². The van der Waals surface area contributed by atoms with Gasteiger partial charge in [-0.25, -0.2) is 9.97 Å². The zero-order valence-electron chi connectivity index (χ0n) is 11.9. The van der Waals surface area contributed by atoms with Crippen molar-refractivity contribution in [2.24, 2.45) is 0 Å². The summed E-state index contributed by atoms with van der Waals surface area (Å²) < 4.78 is 5.98. The molecule has 106 valence electrons. The first kappa shape index (κ1) is 14.8. The minimum atomic E-state index is 0.788. The summed E-state index contributed by atoms with van der Waals surface area (Å²) in [5.41, 5.74) is 1.21. The van der Waals surface area contributed by atoms with Crippen molar-refractivity contribution in [1.29, 1.82) is 0 Å². The van der Waals surface area contributed by atoms with E-state index in [1.165, 1.54) is 5.56 Å². The van der Waals surface area contributed by atoms with E-state index >= 15 is 0 Å². The summed E-state index contributed by atoms with van der Waals surface area (Å²) in [7, 11) is 3.70. The highest BCUT2D eigenvalue weighted by Gasteiger charge is 2.07. The average Bonchev–Trinajstić information content (AvgIpc) is 2.47. The summed E-state index contributed by atoms with van der Waals surface area (Å²) in [5.74, 6) is 2.63. The number of halogens is 1. The number of methoxy groups -OCH3 is 1. The van der Waals surface area contributed by atoms with E-state index in [1.807, 2.05) is 25.2 Å². The van der Waals surface area contributed by atoms with Gasteiger partial charge in [0, 0.05) is 26.1 Å². The molecule has 0 aliphatic rings. The molecular formula is C15H18BrN3O. The Morgan fingerprint density at radius 1 is 1.20 bits per heavy atom. The zero-order valence-corrected chi connectivity index (χ0v) is 13.5. The lowest BCUT2D eigenvalue weighted by atomic mass is 10.2. The molecule has 1 aromatic heterocycles.